The zero-order valence-corrected chi connectivity index (χ0v) is 16.8. The van der Waals surface area contributed by atoms with Gasteiger partial charge < -0.3 is 4.72 Å². The van der Waals surface area contributed by atoms with Crippen LogP contribution in [0.25, 0.3) is 0 Å². The van der Waals surface area contributed by atoms with Gasteiger partial charge >= 0.3 is 0 Å². The lowest BCUT2D eigenvalue weighted by atomic mass is 9.94. The topological polar surface area (TPSA) is 41.1 Å². The van der Waals surface area contributed by atoms with Crippen LogP contribution in [0.2, 0.25) is 0 Å². The maximum atomic E-state index is 14.7. The zero-order valence-electron chi connectivity index (χ0n) is 15.1. The van der Waals surface area contributed by atoms with Gasteiger partial charge in [0.15, 0.2) is 0 Å². The molecule has 1 unspecified atom stereocenters. The summed E-state index contributed by atoms with van der Waals surface area (Å²) in [5, 5.41) is 0.549. The van der Waals surface area contributed by atoms with E-state index in [2.05, 4.69) is 31.1 Å². The molecule has 1 N–H and O–H groups in total. The van der Waals surface area contributed by atoms with Gasteiger partial charge in [-0.05, 0) is 49.0 Å². The number of likely N-dealkylation sites (tertiary alicyclic amines) is 1. The Hall–Kier alpha value is -2.03. The maximum Gasteiger partial charge on any atom is 0.212 e. The van der Waals surface area contributed by atoms with Gasteiger partial charge in [-0.15, -0.1) is 0 Å². The van der Waals surface area contributed by atoms with Gasteiger partial charge in [-0.2, -0.15) is 4.37 Å². The van der Waals surface area contributed by atoms with E-state index in [0.717, 1.165) is 49.3 Å². The number of piperidine rings is 1. The van der Waals surface area contributed by atoms with E-state index in [4.69, 9.17) is 0 Å². The molecule has 1 saturated heterocycles. The summed E-state index contributed by atoms with van der Waals surface area (Å²) in [6.07, 6.45) is 4.68. The van der Waals surface area contributed by atoms with Gasteiger partial charge in [-0.3, -0.25) is 4.90 Å². The molecule has 8 heteroatoms. The quantitative estimate of drug-likeness (QED) is 0.523. The summed E-state index contributed by atoms with van der Waals surface area (Å²) in [4.78, 5) is 6.42. The van der Waals surface area contributed by atoms with Crippen molar-refractivity contribution in [1.82, 2.24) is 14.3 Å². The smallest absolute Gasteiger partial charge is 0.212 e. The number of nitrogens with zero attached hydrogens (tertiary/aromatic N) is 3. The highest BCUT2D eigenvalue weighted by atomic mass is 32.2. The fourth-order valence-electron chi connectivity index (χ4n) is 3.54. The minimum atomic E-state index is -0.438. The van der Waals surface area contributed by atoms with E-state index in [-0.39, 0.29) is 16.8 Å². The van der Waals surface area contributed by atoms with E-state index in [1.54, 1.807) is 0 Å². The van der Waals surface area contributed by atoms with Crippen molar-refractivity contribution in [1.29, 1.82) is 0 Å². The van der Waals surface area contributed by atoms with Crippen LogP contribution in [0.1, 0.15) is 36.4 Å². The minimum absolute atomic E-state index is 0.203. The predicted molar refractivity (Wildman–Crippen MR) is 109 cm³/mol. The molecule has 1 fully saturated rings. The lowest BCUT2D eigenvalue weighted by Crippen LogP contribution is -2.33. The Labute approximate surface area is 171 Å². The summed E-state index contributed by atoms with van der Waals surface area (Å²) in [7, 11) is 0. The fourth-order valence-corrected chi connectivity index (χ4v) is 4.67. The van der Waals surface area contributed by atoms with Crippen molar-refractivity contribution >= 4 is 28.6 Å². The molecule has 1 aliphatic heterocycles. The van der Waals surface area contributed by atoms with Crippen molar-refractivity contribution in [2.75, 3.05) is 11.3 Å². The predicted octanol–water partition coefficient (Wildman–Crippen LogP) is 5.66. The fraction of sp³-hybridized carbons (Fsp3) is 0.300. The second-order valence-electron chi connectivity index (χ2n) is 6.72. The molecule has 2 heterocycles. The second-order valence-corrected chi connectivity index (χ2v) is 8.35. The van der Waals surface area contributed by atoms with Gasteiger partial charge in [0.1, 0.15) is 18.0 Å². The van der Waals surface area contributed by atoms with Crippen molar-refractivity contribution in [3.63, 3.8) is 0 Å². The second kappa shape index (κ2) is 8.98. The van der Waals surface area contributed by atoms with Crippen LogP contribution in [0.3, 0.4) is 0 Å². The Morgan fingerprint density at radius 1 is 1.14 bits per heavy atom. The van der Waals surface area contributed by atoms with Gasteiger partial charge in [0.25, 0.3) is 0 Å². The van der Waals surface area contributed by atoms with Crippen LogP contribution in [0, 0.1) is 11.6 Å². The molecule has 4 nitrogen and oxygen atoms in total. The molecule has 1 aliphatic rings. The van der Waals surface area contributed by atoms with Crippen LogP contribution in [0.4, 0.5) is 13.9 Å². The molecule has 2 aromatic carbocycles. The largest absolute Gasteiger partial charge is 0.300 e. The number of anilines is 1. The Bertz CT molecular complexity index is 906. The van der Waals surface area contributed by atoms with Crippen LogP contribution in [0.15, 0.2) is 53.7 Å². The number of hydrogen-bond donors (Lipinski definition) is 1. The van der Waals surface area contributed by atoms with Crippen molar-refractivity contribution in [2.24, 2.45) is 0 Å². The summed E-state index contributed by atoms with van der Waals surface area (Å²) >= 11 is 2.16. The summed E-state index contributed by atoms with van der Waals surface area (Å²) in [6, 6.07) is 13.1. The molecule has 1 aromatic heterocycles. The van der Waals surface area contributed by atoms with Crippen molar-refractivity contribution in [3.8, 4) is 0 Å². The summed E-state index contributed by atoms with van der Waals surface area (Å²) in [6.45, 7) is 1.28. The SMILES string of the molecule is Fc1cc(SNc2ncns2)c(F)cc1CN1CCCCC1c1ccccc1. The average Bonchev–Trinajstić information content (AvgIpc) is 3.24. The van der Waals surface area contributed by atoms with E-state index in [0.29, 0.717) is 17.2 Å². The molecular formula is C20H20F2N4S2. The molecule has 3 aromatic rings. The minimum Gasteiger partial charge on any atom is -0.300 e. The highest BCUT2D eigenvalue weighted by Crippen LogP contribution is 2.33. The zero-order chi connectivity index (χ0) is 19.3. The third-order valence-electron chi connectivity index (χ3n) is 4.88. The molecule has 4 rings (SSSR count). The lowest BCUT2D eigenvalue weighted by Gasteiger charge is -2.36. The van der Waals surface area contributed by atoms with Gasteiger partial charge in [0.2, 0.25) is 5.13 Å². The highest BCUT2D eigenvalue weighted by Gasteiger charge is 2.25. The first-order valence-electron chi connectivity index (χ1n) is 9.17. The van der Waals surface area contributed by atoms with Crippen molar-refractivity contribution in [2.45, 2.75) is 36.7 Å². The number of hydrogen-bond acceptors (Lipinski definition) is 6. The first-order valence-corrected chi connectivity index (χ1v) is 10.8. The van der Waals surface area contributed by atoms with Crippen LogP contribution in [0.5, 0.6) is 0 Å². The molecule has 28 heavy (non-hydrogen) atoms. The number of benzene rings is 2. The molecule has 1 atom stereocenters. The maximum absolute atomic E-state index is 14.7. The van der Waals surface area contributed by atoms with E-state index >= 15 is 0 Å². The van der Waals surface area contributed by atoms with E-state index < -0.39 is 5.82 Å². The molecule has 0 spiro atoms. The van der Waals surface area contributed by atoms with E-state index in [9.17, 15) is 8.78 Å². The van der Waals surface area contributed by atoms with Crippen LogP contribution < -0.4 is 4.72 Å². The van der Waals surface area contributed by atoms with Crippen molar-refractivity contribution < 1.29 is 8.78 Å². The van der Waals surface area contributed by atoms with Gasteiger partial charge in [0.05, 0.1) is 4.90 Å². The van der Waals surface area contributed by atoms with Crippen LogP contribution in [-0.2, 0) is 6.54 Å². The highest BCUT2D eigenvalue weighted by molar-refractivity contribution is 8.00. The number of aromatic nitrogens is 2. The summed E-state index contributed by atoms with van der Waals surface area (Å²) in [5.74, 6) is -0.827. The number of rotatable bonds is 6. The Morgan fingerprint density at radius 2 is 2.00 bits per heavy atom. The monoisotopic (exact) mass is 418 g/mol. The molecule has 0 aliphatic carbocycles. The van der Waals surface area contributed by atoms with Crippen LogP contribution >= 0.6 is 23.5 Å². The summed E-state index contributed by atoms with van der Waals surface area (Å²) < 4.78 is 36.0. The Morgan fingerprint density at radius 3 is 2.79 bits per heavy atom. The third-order valence-corrected chi connectivity index (χ3v) is 6.42. The van der Waals surface area contributed by atoms with Gasteiger partial charge in [-0.1, -0.05) is 36.8 Å². The molecule has 0 amide bonds. The third kappa shape index (κ3) is 4.51. The normalized spacial score (nSPS) is 17.6. The van der Waals surface area contributed by atoms with Gasteiger partial charge in [0, 0.05) is 29.7 Å². The Kier molecular flexibility index (Phi) is 6.19. The van der Waals surface area contributed by atoms with Crippen LogP contribution in [-0.4, -0.2) is 20.8 Å². The Balaban J connectivity index is 1.49. The molecule has 0 saturated carbocycles. The molecule has 0 bridgehead atoms. The summed E-state index contributed by atoms with van der Waals surface area (Å²) in [5.41, 5.74) is 1.62. The molecular weight excluding hydrogens is 398 g/mol. The first-order chi connectivity index (χ1) is 13.7. The average molecular weight is 419 g/mol. The standard InChI is InChI=1S/C20H20F2N4S2/c21-16-11-19(27-25-20-23-13-24-28-20)17(22)10-15(16)12-26-9-5-4-8-18(26)14-6-2-1-3-7-14/h1-3,6-7,10-11,13,18H,4-5,8-9,12H2,(H,23,24,25). The van der Waals surface area contributed by atoms with E-state index in [1.165, 1.54) is 24.0 Å². The lowest BCUT2D eigenvalue weighted by molar-refractivity contribution is 0.138. The van der Waals surface area contributed by atoms with Crippen molar-refractivity contribution in [3.05, 3.63) is 71.6 Å². The first kappa shape index (κ1) is 19.3. The number of halogens is 2. The molecule has 146 valence electrons. The van der Waals surface area contributed by atoms with Gasteiger partial charge in [-0.25, -0.2) is 13.8 Å². The van der Waals surface area contributed by atoms with E-state index in [1.807, 2.05) is 18.2 Å². The molecule has 0 radical (unpaired) electrons. The number of nitrogens with one attached hydrogen (secondary N) is 1.